The Morgan fingerprint density at radius 1 is 0.276 bits per heavy atom. The molecule has 0 bridgehead atoms. The standard InChI is InChI=1S/C72H50N2Si2/c1-6-23-54(24-7-1)75(55-25-8-2-9-26-55,56-27-10-3-11-28-56)59-45-43-53(44-46-59)73-66-37-20-17-35-64(66)72-67(73)38-22-39-68(72)74-65-36-19-16-33-60(65)61-47-41-51(49-69(61)74)52-42-48-63-62-34-18-21-40-70(62)76(71(63)50-52,57-29-12-4-13-30-57)58-31-14-5-15-32-58/h1-50H. The van der Waals surface area contributed by atoms with Gasteiger partial charge in [-0.3, -0.25) is 0 Å². The highest BCUT2D eigenvalue weighted by molar-refractivity contribution is 7.22. The van der Waals surface area contributed by atoms with E-state index in [0.717, 1.165) is 5.69 Å². The minimum atomic E-state index is -2.71. The summed E-state index contributed by atoms with van der Waals surface area (Å²) in [5.41, 5.74) is 12.2. The van der Waals surface area contributed by atoms with Crippen LogP contribution in [0, 0.1) is 0 Å². The van der Waals surface area contributed by atoms with Crippen LogP contribution in [0.25, 0.3) is 77.2 Å². The summed E-state index contributed by atoms with van der Waals surface area (Å²) < 4.78 is 5.01. The van der Waals surface area contributed by atoms with E-state index in [2.05, 4.69) is 312 Å². The van der Waals surface area contributed by atoms with Crippen molar-refractivity contribution in [3.05, 3.63) is 303 Å². The highest BCUT2D eigenvalue weighted by atomic mass is 28.3. The minimum absolute atomic E-state index is 1.14. The molecule has 15 rings (SSSR count). The van der Waals surface area contributed by atoms with Crippen molar-refractivity contribution in [2.24, 2.45) is 0 Å². The van der Waals surface area contributed by atoms with Gasteiger partial charge >= 0.3 is 0 Å². The number of nitrogens with zero attached hydrogens (tertiary/aromatic N) is 2. The molecule has 356 valence electrons. The fourth-order valence-electron chi connectivity index (χ4n) is 13.4. The van der Waals surface area contributed by atoms with Crippen LogP contribution in [-0.2, 0) is 0 Å². The van der Waals surface area contributed by atoms with E-state index in [1.165, 1.54) is 113 Å². The molecule has 0 aliphatic carbocycles. The lowest BCUT2D eigenvalue weighted by molar-refractivity contribution is 1.17. The largest absolute Gasteiger partial charge is 0.309 e. The van der Waals surface area contributed by atoms with E-state index >= 15 is 0 Å². The molecule has 1 aliphatic heterocycles. The molecule has 14 aromatic rings. The molecule has 3 heterocycles. The molecular weight excluding hydrogens is 949 g/mol. The van der Waals surface area contributed by atoms with Crippen molar-refractivity contribution in [2.45, 2.75) is 0 Å². The third-order valence-corrected chi connectivity index (χ3v) is 26.2. The van der Waals surface area contributed by atoms with Crippen molar-refractivity contribution < 1.29 is 0 Å². The van der Waals surface area contributed by atoms with Crippen molar-refractivity contribution in [3.63, 3.8) is 0 Å². The van der Waals surface area contributed by atoms with E-state index < -0.39 is 16.1 Å². The molecule has 0 N–H and O–H groups in total. The van der Waals surface area contributed by atoms with Gasteiger partial charge in [0.2, 0.25) is 0 Å². The molecule has 0 amide bonds. The zero-order valence-corrected chi connectivity index (χ0v) is 43.8. The first-order valence-electron chi connectivity index (χ1n) is 26.4. The first-order valence-corrected chi connectivity index (χ1v) is 30.4. The number of fused-ring (bicyclic) bond motifs is 9. The maximum atomic E-state index is 2.54. The Morgan fingerprint density at radius 3 is 1.37 bits per heavy atom. The van der Waals surface area contributed by atoms with Gasteiger partial charge in [-0.1, -0.05) is 261 Å². The van der Waals surface area contributed by atoms with Crippen LogP contribution >= 0.6 is 0 Å². The molecule has 4 heteroatoms. The van der Waals surface area contributed by atoms with Gasteiger partial charge < -0.3 is 9.13 Å². The lowest BCUT2D eigenvalue weighted by Gasteiger charge is -2.34. The van der Waals surface area contributed by atoms with E-state index in [1.807, 2.05) is 0 Å². The number of para-hydroxylation sites is 2. The molecule has 0 saturated heterocycles. The Balaban J connectivity index is 0.919. The summed E-state index contributed by atoms with van der Waals surface area (Å²) in [4.78, 5) is 0. The SMILES string of the molecule is c1ccc([Si](c2ccccc2)(c2ccccc2)c2ccc(-n3c4ccccc4c4c(-n5c6ccccc6c6ccc(-c7ccc8c(c7)[Si](c7ccccc7)(c7ccccc7)c7ccccc7-8)cc65)cccc43)cc2)cc1. The van der Waals surface area contributed by atoms with Gasteiger partial charge in [0.25, 0.3) is 0 Å². The smallest absolute Gasteiger partial charge is 0.180 e. The Morgan fingerprint density at radius 2 is 0.737 bits per heavy atom. The van der Waals surface area contributed by atoms with Gasteiger partial charge in [0.1, 0.15) is 0 Å². The van der Waals surface area contributed by atoms with Crippen LogP contribution in [0.4, 0.5) is 0 Å². The number of hydrogen-bond acceptors (Lipinski definition) is 0. The monoisotopic (exact) mass is 998 g/mol. The third kappa shape index (κ3) is 6.45. The fraction of sp³-hybridized carbons (Fsp3) is 0. The zero-order chi connectivity index (χ0) is 50.2. The first-order chi connectivity index (χ1) is 37.7. The number of aromatic nitrogens is 2. The molecule has 0 radical (unpaired) electrons. The maximum Gasteiger partial charge on any atom is 0.180 e. The van der Waals surface area contributed by atoms with Gasteiger partial charge in [0.05, 0.1) is 27.8 Å². The summed E-state index contributed by atoms with van der Waals surface area (Å²) >= 11 is 0. The van der Waals surface area contributed by atoms with E-state index in [-0.39, 0.29) is 0 Å². The second-order valence-electron chi connectivity index (χ2n) is 20.3. The number of rotatable bonds is 9. The molecule has 0 fully saturated rings. The van der Waals surface area contributed by atoms with Gasteiger partial charge in [-0.15, -0.1) is 0 Å². The summed E-state index contributed by atoms with van der Waals surface area (Å²) in [7, 11) is -5.39. The van der Waals surface area contributed by atoms with Crippen LogP contribution in [0.2, 0.25) is 0 Å². The normalized spacial score (nSPS) is 12.8. The summed E-state index contributed by atoms with van der Waals surface area (Å²) in [5, 5.41) is 16.1. The average Bonchev–Trinajstić information content (AvgIpc) is 4.29. The van der Waals surface area contributed by atoms with Gasteiger partial charge in [0, 0.05) is 27.2 Å². The summed E-state index contributed by atoms with van der Waals surface area (Å²) in [5.74, 6) is 0. The predicted octanol–water partition coefficient (Wildman–Crippen LogP) is 12.3. The molecule has 0 atom stereocenters. The Bertz CT molecular complexity index is 4350. The third-order valence-electron chi connectivity index (χ3n) is 16.6. The molecule has 2 nitrogen and oxygen atoms in total. The van der Waals surface area contributed by atoms with Gasteiger partial charge in [-0.2, -0.15) is 0 Å². The quantitative estimate of drug-likeness (QED) is 0.101. The molecule has 1 aliphatic rings. The van der Waals surface area contributed by atoms with E-state index in [9.17, 15) is 0 Å². The Labute approximate surface area is 444 Å². The van der Waals surface area contributed by atoms with Crippen LogP contribution in [0.3, 0.4) is 0 Å². The van der Waals surface area contributed by atoms with Crippen LogP contribution in [0.5, 0.6) is 0 Å². The van der Waals surface area contributed by atoms with E-state index in [4.69, 9.17) is 0 Å². The number of benzene rings is 12. The van der Waals surface area contributed by atoms with Gasteiger partial charge in [-0.05, 0) is 106 Å². The predicted molar refractivity (Wildman–Crippen MR) is 327 cm³/mol. The topological polar surface area (TPSA) is 9.86 Å². The summed E-state index contributed by atoms with van der Waals surface area (Å²) in [6.07, 6.45) is 0. The fourth-order valence-corrected chi connectivity index (χ4v) is 23.4. The first kappa shape index (κ1) is 44.2. The molecule has 76 heavy (non-hydrogen) atoms. The molecule has 2 aromatic heterocycles. The maximum absolute atomic E-state index is 2.71. The van der Waals surface area contributed by atoms with E-state index in [0.29, 0.717) is 0 Å². The van der Waals surface area contributed by atoms with Crippen molar-refractivity contribution in [3.8, 4) is 33.6 Å². The molecule has 0 saturated carbocycles. The van der Waals surface area contributed by atoms with Crippen LogP contribution < -0.4 is 41.5 Å². The molecule has 0 spiro atoms. The van der Waals surface area contributed by atoms with Gasteiger partial charge in [-0.25, -0.2) is 0 Å². The molecular formula is C72H50N2Si2. The zero-order valence-electron chi connectivity index (χ0n) is 41.8. The van der Waals surface area contributed by atoms with Crippen LogP contribution in [0.15, 0.2) is 303 Å². The second kappa shape index (κ2) is 17.7. The van der Waals surface area contributed by atoms with Gasteiger partial charge in [0.15, 0.2) is 16.1 Å². The molecule has 12 aromatic carbocycles. The van der Waals surface area contributed by atoms with Crippen molar-refractivity contribution in [1.82, 2.24) is 9.13 Å². The second-order valence-corrected chi connectivity index (χ2v) is 27.8. The summed E-state index contributed by atoms with van der Waals surface area (Å²) in [6.45, 7) is 0. The lowest BCUT2D eigenvalue weighted by atomic mass is 9.99. The van der Waals surface area contributed by atoms with Crippen LogP contribution in [-0.4, -0.2) is 25.3 Å². The minimum Gasteiger partial charge on any atom is -0.309 e. The molecule has 0 unspecified atom stereocenters. The highest BCUT2D eigenvalue weighted by Gasteiger charge is 2.48. The van der Waals surface area contributed by atoms with Crippen molar-refractivity contribution in [1.29, 1.82) is 0 Å². The Hall–Kier alpha value is -9.33. The average molecular weight is 999 g/mol. The van der Waals surface area contributed by atoms with Crippen molar-refractivity contribution >= 4 is 101 Å². The number of hydrogen-bond donors (Lipinski definition) is 0. The lowest BCUT2D eigenvalue weighted by Crippen LogP contribution is -2.74. The van der Waals surface area contributed by atoms with Crippen LogP contribution in [0.1, 0.15) is 0 Å². The van der Waals surface area contributed by atoms with E-state index in [1.54, 1.807) is 0 Å². The summed E-state index contributed by atoms with van der Waals surface area (Å²) in [6, 6.07) is 114. The Kier molecular flexibility index (Phi) is 10.3. The van der Waals surface area contributed by atoms with Crippen molar-refractivity contribution in [2.75, 3.05) is 0 Å². The highest BCUT2D eigenvalue weighted by Crippen LogP contribution is 2.41.